The number of nitrogens with zero attached hydrogens (tertiary/aromatic N) is 3. The molecule has 2 N–H and O–H groups in total. The molecule has 3 aromatic rings. The summed E-state index contributed by atoms with van der Waals surface area (Å²) in [5, 5.41) is 17.5. The van der Waals surface area contributed by atoms with Crippen LogP contribution in [0, 0.1) is 0 Å². The minimum Gasteiger partial charge on any atom is -0.504 e. The van der Waals surface area contributed by atoms with Gasteiger partial charge in [-0.25, -0.2) is 4.79 Å². The number of aromatic hydroxyl groups is 1. The number of aromatic nitrogens is 2. The van der Waals surface area contributed by atoms with E-state index in [-0.39, 0.29) is 11.8 Å². The summed E-state index contributed by atoms with van der Waals surface area (Å²) in [6.45, 7) is 4.44. The molecule has 0 fully saturated rings. The molecule has 1 unspecified atom stereocenters. The van der Waals surface area contributed by atoms with Crippen LogP contribution in [0.25, 0.3) is 17.0 Å². The number of urea groups is 1. The zero-order valence-electron chi connectivity index (χ0n) is 19.0. The van der Waals surface area contributed by atoms with E-state index in [1.165, 1.54) is 7.11 Å². The molecule has 0 bridgehead atoms. The maximum Gasteiger partial charge on any atom is 0.322 e. The lowest BCUT2D eigenvalue weighted by Crippen LogP contribution is -2.46. The SMILES string of the molecule is CCCN1C(=O)NC(c2ccc(OC)c(O)c2)C(c2nc(-c3ccc(SC)cc3)no2)=C1C. The largest absolute Gasteiger partial charge is 0.504 e. The summed E-state index contributed by atoms with van der Waals surface area (Å²) in [5.41, 5.74) is 2.93. The van der Waals surface area contributed by atoms with Gasteiger partial charge in [0.2, 0.25) is 5.82 Å². The molecule has 1 atom stereocenters. The summed E-state index contributed by atoms with van der Waals surface area (Å²) >= 11 is 1.66. The molecule has 0 saturated carbocycles. The number of ether oxygens (including phenoxy) is 1. The van der Waals surface area contributed by atoms with Crippen molar-refractivity contribution in [1.82, 2.24) is 20.4 Å². The van der Waals surface area contributed by atoms with Crippen LogP contribution < -0.4 is 10.1 Å². The predicted octanol–water partition coefficient (Wildman–Crippen LogP) is 5.08. The number of carbonyl (C=O) groups is 1. The minimum atomic E-state index is -0.574. The fourth-order valence-corrected chi connectivity index (χ4v) is 4.29. The highest BCUT2D eigenvalue weighted by Gasteiger charge is 2.35. The first-order chi connectivity index (χ1) is 16.0. The number of thioether (sulfide) groups is 1. The molecule has 0 saturated heterocycles. The summed E-state index contributed by atoms with van der Waals surface area (Å²) in [6, 6.07) is 12.2. The Kier molecular flexibility index (Phi) is 6.60. The number of phenols is 1. The third-order valence-corrected chi connectivity index (χ3v) is 6.33. The predicted molar refractivity (Wildman–Crippen MR) is 127 cm³/mol. The fraction of sp³-hybridized carbons (Fsp3) is 0.292. The summed E-state index contributed by atoms with van der Waals surface area (Å²) in [6.07, 6.45) is 2.82. The summed E-state index contributed by atoms with van der Waals surface area (Å²) in [5.74, 6) is 1.12. The number of methoxy groups -OCH3 is 1. The van der Waals surface area contributed by atoms with Gasteiger partial charge in [0, 0.05) is 22.7 Å². The van der Waals surface area contributed by atoms with Crippen molar-refractivity contribution >= 4 is 23.4 Å². The molecule has 4 rings (SSSR count). The average molecular weight is 467 g/mol. The number of amides is 2. The van der Waals surface area contributed by atoms with Crippen LogP contribution in [0.2, 0.25) is 0 Å². The molecule has 1 aliphatic heterocycles. The number of benzene rings is 2. The highest BCUT2D eigenvalue weighted by Crippen LogP contribution is 2.39. The molecule has 33 heavy (non-hydrogen) atoms. The maximum absolute atomic E-state index is 12.9. The van der Waals surface area contributed by atoms with Gasteiger partial charge in [0.25, 0.3) is 5.89 Å². The number of rotatable bonds is 7. The van der Waals surface area contributed by atoms with Crippen molar-refractivity contribution in [3.8, 4) is 22.9 Å². The average Bonchev–Trinajstić information content (AvgIpc) is 3.31. The van der Waals surface area contributed by atoms with Crippen LogP contribution in [0.5, 0.6) is 11.5 Å². The Balaban J connectivity index is 1.79. The van der Waals surface area contributed by atoms with E-state index in [0.717, 1.165) is 22.6 Å². The van der Waals surface area contributed by atoms with Crippen LogP contribution in [-0.2, 0) is 0 Å². The summed E-state index contributed by atoms with van der Waals surface area (Å²) < 4.78 is 10.8. The molecule has 2 amide bonds. The molecule has 2 aromatic carbocycles. The summed E-state index contributed by atoms with van der Waals surface area (Å²) in [7, 11) is 1.49. The third kappa shape index (κ3) is 4.41. The van der Waals surface area contributed by atoms with Gasteiger partial charge in [0.05, 0.1) is 18.7 Å². The van der Waals surface area contributed by atoms with Crippen molar-refractivity contribution in [1.29, 1.82) is 0 Å². The van der Waals surface area contributed by atoms with Crippen molar-refractivity contribution in [3.63, 3.8) is 0 Å². The Hall–Kier alpha value is -3.46. The number of nitrogens with one attached hydrogen (secondary N) is 1. The lowest BCUT2D eigenvalue weighted by atomic mass is 9.94. The van der Waals surface area contributed by atoms with Gasteiger partial charge in [-0.3, -0.25) is 4.90 Å². The smallest absolute Gasteiger partial charge is 0.322 e. The standard InChI is InChI=1S/C24H26N4O4S/c1-5-12-28-14(2)20(21(25-24(28)30)16-8-11-19(31-3)18(29)13-16)23-26-22(27-32-23)15-6-9-17(33-4)10-7-15/h6-11,13,21,29H,5,12H2,1-4H3,(H,25,30). The van der Waals surface area contributed by atoms with Gasteiger partial charge in [-0.05, 0) is 61.6 Å². The molecule has 0 spiro atoms. The minimum absolute atomic E-state index is 0.0164. The lowest BCUT2D eigenvalue weighted by molar-refractivity contribution is 0.205. The first-order valence-electron chi connectivity index (χ1n) is 10.6. The first-order valence-corrected chi connectivity index (χ1v) is 11.8. The molecule has 9 heteroatoms. The molecule has 0 aliphatic carbocycles. The highest BCUT2D eigenvalue weighted by atomic mass is 32.2. The number of hydrogen-bond acceptors (Lipinski definition) is 7. The van der Waals surface area contributed by atoms with E-state index in [1.54, 1.807) is 34.9 Å². The summed E-state index contributed by atoms with van der Waals surface area (Å²) in [4.78, 5) is 20.3. The molecular weight excluding hydrogens is 440 g/mol. The van der Waals surface area contributed by atoms with E-state index in [9.17, 15) is 9.90 Å². The first kappa shape index (κ1) is 22.7. The second-order valence-electron chi connectivity index (χ2n) is 7.62. The molecular formula is C24H26N4O4S. The Bertz CT molecular complexity index is 1190. The monoisotopic (exact) mass is 466 g/mol. The molecule has 8 nitrogen and oxygen atoms in total. The van der Waals surface area contributed by atoms with E-state index >= 15 is 0 Å². The molecule has 1 aliphatic rings. The van der Waals surface area contributed by atoms with Crippen LogP contribution in [-0.4, -0.2) is 46.1 Å². The Morgan fingerprint density at radius 2 is 2.00 bits per heavy atom. The van der Waals surface area contributed by atoms with E-state index in [0.29, 0.717) is 35.1 Å². The second kappa shape index (κ2) is 9.58. The van der Waals surface area contributed by atoms with Crippen LogP contribution in [0.15, 0.2) is 57.6 Å². The van der Waals surface area contributed by atoms with Crippen molar-refractivity contribution < 1.29 is 19.2 Å². The van der Waals surface area contributed by atoms with Gasteiger partial charge in [-0.15, -0.1) is 11.8 Å². The van der Waals surface area contributed by atoms with Crippen LogP contribution in [0.1, 0.15) is 37.8 Å². The van der Waals surface area contributed by atoms with E-state index in [4.69, 9.17) is 9.26 Å². The van der Waals surface area contributed by atoms with Gasteiger partial charge in [0.1, 0.15) is 0 Å². The van der Waals surface area contributed by atoms with E-state index in [1.807, 2.05) is 44.4 Å². The highest BCUT2D eigenvalue weighted by molar-refractivity contribution is 7.98. The Morgan fingerprint density at radius 3 is 2.64 bits per heavy atom. The normalized spacial score (nSPS) is 16.2. The third-order valence-electron chi connectivity index (χ3n) is 5.58. The molecule has 1 aromatic heterocycles. The van der Waals surface area contributed by atoms with Crippen molar-refractivity contribution in [2.45, 2.75) is 31.2 Å². The number of allylic oxidation sites excluding steroid dienone is 1. The Morgan fingerprint density at radius 1 is 1.24 bits per heavy atom. The topological polar surface area (TPSA) is 101 Å². The van der Waals surface area contributed by atoms with Crippen LogP contribution in [0.3, 0.4) is 0 Å². The zero-order valence-corrected chi connectivity index (χ0v) is 19.8. The van der Waals surface area contributed by atoms with Crippen LogP contribution in [0.4, 0.5) is 4.79 Å². The molecule has 2 heterocycles. The van der Waals surface area contributed by atoms with Gasteiger partial charge >= 0.3 is 6.03 Å². The van der Waals surface area contributed by atoms with Gasteiger partial charge in [-0.2, -0.15) is 4.98 Å². The quantitative estimate of drug-likeness (QED) is 0.468. The lowest BCUT2D eigenvalue weighted by Gasteiger charge is -2.35. The molecule has 0 radical (unpaired) electrons. The van der Waals surface area contributed by atoms with Gasteiger partial charge in [-0.1, -0.05) is 18.1 Å². The number of carbonyl (C=O) groups excluding carboxylic acids is 1. The Labute approximate surface area is 196 Å². The number of hydrogen-bond donors (Lipinski definition) is 2. The second-order valence-corrected chi connectivity index (χ2v) is 8.50. The van der Waals surface area contributed by atoms with Crippen molar-refractivity contribution in [3.05, 3.63) is 59.6 Å². The van der Waals surface area contributed by atoms with Gasteiger partial charge < -0.3 is 19.7 Å². The zero-order chi connectivity index (χ0) is 23.5. The van der Waals surface area contributed by atoms with Crippen molar-refractivity contribution in [2.24, 2.45) is 0 Å². The number of phenolic OH excluding ortho intramolecular Hbond substituents is 1. The van der Waals surface area contributed by atoms with E-state index < -0.39 is 6.04 Å². The molecule has 172 valence electrons. The fourth-order valence-electron chi connectivity index (χ4n) is 3.88. The van der Waals surface area contributed by atoms with E-state index in [2.05, 4.69) is 15.5 Å². The van der Waals surface area contributed by atoms with Crippen molar-refractivity contribution in [2.75, 3.05) is 19.9 Å². The van der Waals surface area contributed by atoms with Gasteiger partial charge in [0.15, 0.2) is 11.5 Å². The van der Waals surface area contributed by atoms with Crippen LogP contribution >= 0.6 is 11.8 Å². The maximum atomic E-state index is 12.9.